The van der Waals surface area contributed by atoms with E-state index in [2.05, 4.69) is 27.5 Å². The van der Waals surface area contributed by atoms with Gasteiger partial charge in [0.1, 0.15) is 6.10 Å². The van der Waals surface area contributed by atoms with E-state index in [4.69, 9.17) is 9.47 Å². The maximum atomic E-state index is 13.6. The molecule has 2 aliphatic rings. The van der Waals surface area contributed by atoms with Crippen LogP contribution in [0.5, 0.6) is 11.9 Å². The Morgan fingerprint density at radius 2 is 2.15 bits per heavy atom. The first-order valence-corrected chi connectivity index (χ1v) is 10.5. The molecule has 1 amide bonds. The van der Waals surface area contributed by atoms with Crippen molar-refractivity contribution >= 4 is 17.2 Å². The number of rotatable bonds is 5. The molecule has 0 radical (unpaired) electrons. The van der Waals surface area contributed by atoms with Gasteiger partial charge in [0.05, 0.1) is 19.1 Å². The van der Waals surface area contributed by atoms with Crippen molar-refractivity contribution in [2.45, 2.75) is 50.0 Å². The lowest BCUT2D eigenvalue weighted by atomic mass is 9.82. The molecule has 2 aromatic rings. The van der Waals surface area contributed by atoms with Gasteiger partial charge in [-0.15, -0.1) is 11.3 Å². The van der Waals surface area contributed by atoms with Crippen LogP contribution in [0.15, 0.2) is 29.8 Å². The molecule has 7 heteroatoms. The van der Waals surface area contributed by atoms with Gasteiger partial charge in [0.2, 0.25) is 11.8 Å². The molecule has 0 bridgehead atoms. The number of piperidine rings is 1. The lowest BCUT2D eigenvalue weighted by molar-refractivity contribution is -0.140. The number of carbonyl (C=O) groups excluding carboxylic acids is 1. The fourth-order valence-corrected chi connectivity index (χ4v) is 5.25. The summed E-state index contributed by atoms with van der Waals surface area (Å²) >= 11 is 1.71. The Bertz CT molecular complexity index is 775. The molecule has 1 saturated carbocycles. The van der Waals surface area contributed by atoms with Crippen molar-refractivity contribution in [3.63, 3.8) is 0 Å². The minimum Gasteiger partial charge on any atom is -0.472 e. The first-order chi connectivity index (χ1) is 13.2. The molecule has 144 valence electrons. The normalized spacial score (nSPS) is 21.8. The van der Waals surface area contributed by atoms with E-state index >= 15 is 0 Å². The molecule has 27 heavy (non-hydrogen) atoms. The molecule has 6 nitrogen and oxygen atoms in total. The number of hydrogen-bond acceptors (Lipinski definition) is 6. The highest BCUT2D eigenvalue weighted by molar-refractivity contribution is 7.10. The quantitative estimate of drug-likeness (QED) is 0.786. The molecule has 0 spiro atoms. The zero-order chi connectivity index (χ0) is 18.7. The SMILES string of the molecule is COc1nccc(OC2CCCN(C(=O)C3(c4cccs4)CCCC3)C2)n1. The molecular formula is C20H25N3O3S. The molecule has 1 saturated heterocycles. The predicted octanol–water partition coefficient (Wildman–Crippen LogP) is 3.43. The summed E-state index contributed by atoms with van der Waals surface area (Å²) in [7, 11) is 1.53. The number of nitrogens with zero attached hydrogens (tertiary/aromatic N) is 3. The van der Waals surface area contributed by atoms with Crippen LogP contribution >= 0.6 is 11.3 Å². The van der Waals surface area contributed by atoms with Crippen molar-refractivity contribution in [3.8, 4) is 11.9 Å². The van der Waals surface area contributed by atoms with Gasteiger partial charge in [0.25, 0.3) is 0 Å². The van der Waals surface area contributed by atoms with E-state index in [-0.39, 0.29) is 17.4 Å². The second-order valence-electron chi connectivity index (χ2n) is 7.28. The van der Waals surface area contributed by atoms with Gasteiger partial charge in [0.15, 0.2) is 0 Å². The Hall–Kier alpha value is -2.15. The van der Waals surface area contributed by atoms with Crippen LogP contribution < -0.4 is 9.47 Å². The lowest BCUT2D eigenvalue weighted by Crippen LogP contribution is -2.51. The highest BCUT2D eigenvalue weighted by Crippen LogP contribution is 2.44. The van der Waals surface area contributed by atoms with Crippen LogP contribution in [0, 0.1) is 0 Å². The second-order valence-corrected chi connectivity index (χ2v) is 8.23. The first kappa shape index (κ1) is 18.2. The molecule has 1 aliphatic carbocycles. The fraction of sp³-hybridized carbons (Fsp3) is 0.550. The Kier molecular flexibility index (Phi) is 5.29. The Labute approximate surface area is 163 Å². The van der Waals surface area contributed by atoms with Crippen molar-refractivity contribution < 1.29 is 14.3 Å². The van der Waals surface area contributed by atoms with Crippen molar-refractivity contribution in [2.75, 3.05) is 20.2 Å². The molecule has 2 aromatic heterocycles. The van der Waals surface area contributed by atoms with E-state index in [0.717, 1.165) is 45.1 Å². The van der Waals surface area contributed by atoms with Crippen LogP contribution in [0.2, 0.25) is 0 Å². The van der Waals surface area contributed by atoms with E-state index in [0.29, 0.717) is 18.4 Å². The van der Waals surface area contributed by atoms with Crippen LogP contribution in [-0.2, 0) is 10.2 Å². The smallest absolute Gasteiger partial charge is 0.319 e. The van der Waals surface area contributed by atoms with Crippen molar-refractivity contribution in [1.29, 1.82) is 0 Å². The van der Waals surface area contributed by atoms with E-state index in [1.807, 2.05) is 4.90 Å². The van der Waals surface area contributed by atoms with Crippen LogP contribution in [0.4, 0.5) is 0 Å². The van der Waals surface area contributed by atoms with Crippen LogP contribution in [-0.4, -0.2) is 47.1 Å². The molecule has 3 heterocycles. The number of aromatic nitrogens is 2. The highest BCUT2D eigenvalue weighted by atomic mass is 32.1. The fourth-order valence-electron chi connectivity index (χ4n) is 4.28. The number of thiophene rings is 1. The number of ether oxygens (including phenoxy) is 2. The van der Waals surface area contributed by atoms with E-state index in [1.54, 1.807) is 23.6 Å². The lowest BCUT2D eigenvalue weighted by Gasteiger charge is -2.38. The first-order valence-electron chi connectivity index (χ1n) is 9.58. The number of hydrogen-bond donors (Lipinski definition) is 0. The maximum Gasteiger partial charge on any atom is 0.319 e. The van der Waals surface area contributed by atoms with Crippen LogP contribution in [0.3, 0.4) is 0 Å². The summed E-state index contributed by atoms with van der Waals surface area (Å²) in [5.74, 6) is 0.769. The Morgan fingerprint density at radius 3 is 2.89 bits per heavy atom. The molecule has 4 rings (SSSR count). The third kappa shape index (κ3) is 3.65. The largest absolute Gasteiger partial charge is 0.472 e. The molecular weight excluding hydrogens is 362 g/mol. The minimum atomic E-state index is -0.325. The molecule has 1 atom stereocenters. The second kappa shape index (κ2) is 7.84. The summed E-state index contributed by atoms with van der Waals surface area (Å²) in [6.45, 7) is 1.41. The van der Waals surface area contributed by atoms with Crippen molar-refractivity contribution in [1.82, 2.24) is 14.9 Å². The van der Waals surface area contributed by atoms with E-state index in [9.17, 15) is 4.79 Å². The molecule has 0 aromatic carbocycles. The van der Waals surface area contributed by atoms with Gasteiger partial charge in [-0.1, -0.05) is 18.9 Å². The van der Waals surface area contributed by atoms with E-state index in [1.165, 1.54) is 12.0 Å². The van der Waals surface area contributed by atoms with Gasteiger partial charge >= 0.3 is 6.01 Å². The van der Waals surface area contributed by atoms with Gasteiger partial charge in [-0.3, -0.25) is 4.79 Å². The third-order valence-corrected chi connectivity index (χ3v) is 6.68. The topological polar surface area (TPSA) is 64.6 Å². The van der Waals surface area contributed by atoms with Crippen LogP contribution in [0.25, 0.3) is 0 Å². The van der Waals surface area contributed by atoms with Gasteiger partial charge in [-0.25, -0.2) is 4.98 Å². The zero-order valence-electron chi connectivity index (χ0n) is 15.6. The number of amides is 1. The summed E-state index contributed by atoms with van der Waals surface area (Å²) < 4.78 is 11.1. The molecule has 2 fully saturated rings. The monoisotopic (exact) mass is 387 g/mol. The summed E-state index contributed by atoms with van der Waals surface area (Å²) in [4.78, 5) is 25.0. The maximum absolute atomic E-state index is 13.6. The predicted molar refractivity (Wildman–Crippen MR) is 103 cm³/mol. The molecule has 0 N–H and O–H groups in total. The third-order valence-electron chi connectivity index (χ3n) is 5.60. The van der Waals surface area contributed by atoms with Crippen molar-refractivity contribution in [3.05, 3.63) is 34.7 Å². The van der Waals surface area contributed by atoms with Gasteiger partial charge in [-0.05, 0) is 37.1 Å². The summed E-state index contributed by atoms with van der Waals surface area (Å²) in [6.07, 6.45) is 7.59. The zero-order valence-corrected chi connectivity index (χ0v) is 16.4. The summed E-state index contributed by atoms with van der Waals surface area (Å²) in [5.41, 5.74) is -0.325. The number of carbonyl (C=O) groups is 1. The van der Waals surface area contributed by atoms with Gasteiger partial charge in [-0.2, -0.15) is 4.98 Å². The number of methoxy groups -OCH3 is 1. The average molecular weight is 388 g/mol. The minimum absolute atomic E-state index is 0.0518. The van der Waals surface area contributed by atoms with E-state index < -0.39 is 0 Å². The average Bonchev–Trinajstić information content (AvgIpc) is 3.40. The van der Waals surface area contributed by atoms with Crippen LogP contribution in [0.1, 0.15) is 43.4 Å². The Balaban J connectivity index is 1.48. The highest BCUT2D eigenvalue weighted by Gasteiger charge is 2.46. The van der Waals surface area contributed by atoms with Crippen molar-refractivity contribution in [2.24, 2.45) is 0 Å². The molecule has 1 aliphatic heterocycles. The Morgan fingerprint density at radius 1 is 1.30 bits per heavy atom. The standard InChI is InChI=1S/C20H25N3O3S/c1-25-19-21-11-8-17(22-19)26-15-6-4-12-23(14-15)18(24)20(9-2-3-10-20)16-7-5-13-27-16/h5,7-8,11,13,15H,2-4,6,9-10,12,14H2,1H3. The number of likely N-dealkylation sites (tertiary alicyclic amines) is 1. The summed E-state index contributed by atoms with van der Waals surface area (Å²) in [6, 6.07) is 6.20. The summed E-state index contributed by atoms with van der Waals surface area (Å²) in [5, 5.41) is 2.08. The van der Waals surface area contributed by atoms with Gasteiger partial charge < -0.3 is 14.4 Å². The molecule has 1 unspecified atom stereocenters. The van der Waals surface area contributed by atoms with Gasteiger partial charge in [0, 0.05) is 23.7 Å².